The number of nitrogens with zero attached hydrogens (tertiary/aromatic N) is 5. The number of rotatable bonds is 9. The van der Waals surface area contributed by atoms with Crippen LogP contribution in [-0.4, -0.2) is 82.3 Å². The highest BCUT2D eigenvalue weighted by Crippen LogP contribution is 2.47. The first-order valence-corrected chi connectivity index (χ1v) is 16.7. The topological polar surface area (TPSA) is 89.8 Å². The van der Waals surface area contributed by atoms with Gasteiger partial charge >= 0.3 is 0 Å². The van der Waals surface area contributed by atoms with Crippen LogP contribution < -0.4 is 4.74 Å². The largest absolute Gasteiger partial charge is 0.490 e. The Kier molecular flexibility index (Phi) is 8.68. The van der Waals surface area contributed by atoms with E-state index in [1.165, 1.54) is 24.5 Å². The standard InChI is InChI=1S/C36H31F4N5O4S/c1-4-29(46)44-10-11-45-27(20(44)2)17-26(42-45)33-31(30-25(38)15-23(37)16-28(30)49-13-12-48-3)34-24(9-14-50-34)32(41-33)21-5-7-22(8-6-21)35(47)43-18-36(39,40)19-43/h4-9,14-17,20H,1,10-13,18-19H2,2-3H3. The normalized spacial score (nSPS) is 16.6. The fraction of sp³-hybridized carbons (Fsp3) is 0.278. The maximum Gasteiger partial charge on any atom is 0.282 e. The second-order valence-corrected chi connectivity index (χ2v) is 13.0. The summed E-state index contributed by atoms with van der Waals surface area (Å²) in [6, 6.07) is 11.7. The number of amides is 2. The van der Waals surface area contributed by atoms with E-state index in [2.05, 4.69) is 6.58 Å². The van der Waals surface area contributed by atoms with E-state index in [0.29, 0.717) is 45.7 Å². The van der Waals surface area contributed by atoms with Crippen molar-refractivity contribution >= 4 is 33.2 Å². The fourth-order valence-electron chi connectivity index (χ4n) is 6.45. The molecule has 2 aliphatic heterocycles. The lowest BCUT2D eigenvalue weighted by molar-refractivity contribution is -0.129. The number of halogens is 4. The maximum absolute atomic E-state index is 16.1. The number of hydrogen-bond acceptors (Lipinski definition) is 7. The van der Waals surface area contributed by atoms with Gasteiger partial charge in [-0.15, -0.1) is 11.3 Å². The molecular formula is C36H31F4N5O4S. The van der Waals surface area contributed by atoms with E-state index in [-0.39, 0.29) is 47.7 Å². The van der Waals surface area contributed by atoms with Crippen molar-refractivity contribution < 1.29 is 36.6 Å². The smallest absolute Gasteiger partial charge is 0.282 e. The zero-order valence-corrected chi connectivity index (χ0v) is 27.9. The molecule has 0 radical (unpaired) electrons. The number of fused-ring (bicyclic) bond motifs is 2. The van der Waals surface area contributed by atoms with Crippen LogP contribution in [0.15, 0.2) is 66.6 Å². The lowest BCUT2D eigenvalue weighted by Gasteiger charge is -2.38. The van der Waals surface area contributed by atoms with Crippen molar-refractivity contribution in [3.8, 4) is 39.5 Å². The molecule has 9 nitrogen and oxygen atoms in total. The van der Waals surface area contributed by atoms with Gasteiger partial charge in [0.15, 0.2) is 0 Å². The van der Waals surface area contributed by atoms with Gasteiger partial charge in [-0.1, -0.05) is 18.7 Å². The number of pyridine rings is 1. The summed E-state index contributed by atoms with van der Waals surface area (Å²) in [5.74, 6) is -5.32. The number of carbonyl (C=O) groups is 2. The van der Waals surface area contributed by atoms with E-state index < -0.39 is 36.6 Å². The molecule has 50 heavy (non-hydrogen) atoms. The fourth-order valence-corrected chi connectivity index (χ4v) is 7.40. The van der Waals surface area contributed by atoms with E-state index in [0.717, 1.165) is 22.7 Å². The van der Waals surface area contributed by atoms with Crippen molar-refractivity contribution in [2.75, 3.05) is 40.0 Å². The van der Waals surface area contributed by atoms with Gasteiger partial charge in [0.1, 0.15) is 35.4 Å². The summed E-state index contributed by atoms with van der Waals surface area (Å²) < 4.78 is 70.9. The number of ether oxygens (including phenoxy) is 2. The van der Waals surface area contributed by atoms with E-state index in [4.69, 9.17) is 19.6 Å². The molecule has 2 aromatic carbocycles. The van der Waals surface area contributed by atoms with Crippen LogP contribution in [0.5, 0.6) is 5.75 Å². The first kappa shape index (κ1) is 33.4. The molecule has 7 rings (SSSR count). The summed E-state index contributed by atoms with van der Waals surface area (Å²) in [6.07, 6.45) is 1.26. The van der Waals surface area contributed by atoms with Crippen LogP contribution in [0.1, 0.15) is 29.0 Å². The summed E-state index contributed by atoms with van der Waals surface area (Å²) in [4.78, 5) is 33.3. The highest BCUT2D eigenvalue weighted by molar-refractivity contribution is 7.18. The monoisotopic (exact) mass is 705 g/mol. The molecule has 2 amide bonds. The molecule has 2 aliphatic rings. The van der Waals surface area contributed by atoms with Gasteiger partial charge < -0.3 is 19.3 Å². The first-order valence-electron chi connectivity index (χ1n) is 15.8. The van der Waals surface area contributed by atoms with Gasteiger partial charge in [0.25, 0.3) is 11.8 Å². The van der Waals surface area contributed by atoms with Crippen LogP contribution in [0.25, 0.3) is 43.9 Å². The highest BCUT2D eigenvalue weighted by atomic mass is 32.1. The molecule has 0 N–H and O–H groups in total. The van der Waals surface area contributed by atoms with Crippen molar-refractivity contribution in [2.45, 2.75) is 25.4 Å². The zero-order valence-electron chi connectivity index (χ0n) is 27.1. The van der Waals surface area contributed by atoms with E-state index in [9.17, 15) is 22.8 Å². The van der Waals surface area contributed by atoms with Crippen molar-refractivity contribution in [1.29, 1.82) is 0 Å². The minimum atomic E-state index is -2.88. The third-order valence-corrected chi connectivity index (χ3v) is 9.85. The quantitative estimate of drug-likeness (QED) is 0.0935. The molecule has 0 spiro atoms. The molecule has 1 atom stereocenters. The van der Waals surface area contributed by atoms with Crippen molar-refractivity contribution in [2.24, 2.45) is 0 Å². The van der Waals surface area contributed by atoms with Gasteiger partial charge in [-0.3, -0.25) is 14.3 Å². The van der Waals surface area contributed by atoms with E-state index >= 15 is 4.39 Å². The molecule has 1 fully saturated rings. The number of thiophene rings is 1. The number of aromatic nitrogens is 3. The highest BCUT2D eigenvalue weighted by Gasteiger charge is 2.46. The molecule has 5 aromatic rings. The van der Waals surface area contributed by atoms with Crippen LogP contribution in [0.3, 0.4) is 0 Å². The molecule has 5 heterocycles. The lowest BCUT2D eigenvalue weighted by Crippen LogP contribution is -2.58. The van der Waals surface area contributed by atoms with E-state index in [1.807, 2.05) is 18.4 Å². The summed E-state index contributed by atoms with van der Waals surface area (Å²) in [5.41, 5.74) is 3.12. The third kappa shape index (κ3) is 5.92. The number of alkyl halides is 2. The Morgan fingerprint density at radius 1 is 1.04 bits per heavy atom. The van der Waals surface area contributed by atoms with Gasteiger partial charge in [-0.2, -0.15) is 5.10 Å². The Balaban J connectivity index is 1.41. The van der Waals surface area contributed by atoms with Crippen LogP contribution in [0.2, 0.25) is 0 Å². The summed E-state index contributed by atoms with van der Waals surface area (Å²) >= 11 is 1.33. The molecule has 1 unspecified atom stereocenters. The average molecular weight is 706 g/mol. The Labute approximate surface area is 288 Å². The van der Waals surface area contributed by atoms with Crippen molar-refractivity contribution in [1.82, 2.24) is 24.6 Å². The molecule has 0 saturated carbocycles. The Bertz CT molecular complexity index is 2140. The van der Waals surface area contributed by atoms with Crippen LogP contribution >= 0.6 is 11.3 Å². The van der Waals surface area contributed by atoms with E-state index in [1.54, 1.807) is 39.9 Å². The molecule has 258 valence electrons. The van der Waals surface area contributed by atoms with Gasteiger partial charge in [0.05, 0.1) is 49.2 Å². The first-order chi connectivity index (χ1) is 24.0. The molecule has 0 bridgehead atoms. The van der Waals surface area contributed by atoms with Gasteiger partial charge in [-0.25, -0.2) is 22.5 Å². The minimum absolute atomic E-state index is 0.00113. The molecular weight excluding hydrogens is 674 g/mol. The zero-order chi connectivity index (χ0) is 35.3. The number of carbonyl (C=O) groups excluding carboxylic acids is 2. The average Bonchev–Trinajstić information content (AvgIpc) is 3.75. The van der Waals surface area contributed by atoms with Gasteiger partial charge in [0.2, 0.25) is 5.91 Å². The summed E-state index contributed by atoms with van der Waals surface area (Å²) in [7, 11) is 1.49. The second-order valence-electron chi connectivity index (χ2n) is 12.1. The summed E-state index contributed by atoms with van der Waals surface area (Å²) in [5, 5.41) is 7.35. The number of benzene rings is 2. The molecule has 0 aliphatic carbocycles. The molecule has 14 heteroatoms. The van der Waals surface area contributed by atoms with Crippen molar-refractivity contribution in [3.63, 3.8) is 0 Å². The Morgan fingerprint density at radius 3 is 2.50 bits per heavy atom. The van der Waals surface area contributed by atoms with Gasteiger partial charge in [-0.05, 0) is 42.6 Å². The van der Waals surface area contributed by atoms with Crippen LogP contribution in [-0.2, 0) is 16.1 Å². The minimum Gasteiger partial charge on any atom is -0.490 e. The molecule has 1 saturated heterocycles. The predicted octanol–water partition coefficient (Wildman–Crippen LogP) is 6.98. The lowest BCUT2D eigenvalue weighted by atomic mass is 9.96. The van der Waals surface area contributed by atoms with Crippen LogP contribution in [0.4, 0.5) is 17.6 Å². The number of likely N-dealkylation sites (tertiary alicyclic amines) is 1. The maximum atomic E-state index is 16.1. The third-order valence-electron chi connectivity index (χ3n) is 8.92. The number of hydrogen-bond donors (Lipinski definition) is 0. The Morgan fingerprint density at radius 2 is 1.80 bits per heavy atom. The van der Waals surface area contributed by atoms with Crippen LogP contribution in [0, 0.1) is 11.6 Å². The SMILES string of the molecule is C=CC(=O)N1CCn2nc(-c3nc(-c4ccc(C(=O)N5CC(F)(F)C5)cc4)c4ccsc4c3-c3c(F)cc(F)cc3OCCOC)cc2C1C. The second kappa shape index (κ2) is 13.0. The predicted molar refractivity (Wildman–Crippen MR) is 180 cm³/mol. The van der Waals surface area contributed by atoms with Crippen molar-refractivity contribution in [3.05, 3.63) is 89.5 Å². The van der Waals surface area contributed by atoms with Gasteiger partial charge in [0, 0.05) is 52.6 Å². The molecule has 3 aromatic heterocycles. The number of methoxy groups -OCH3 is 1. The Hall–Kier alpha value is -5.08. The summed E-state index contributed by atoms with van der Waals surface area (Å²) in [6.45, 7) is 5.26.